The number of benzene rings is 1. The van der Waals surface area contributed by atoms with Crippen LogP contribution in [0.25, 0.3) is 0 Å². The molecule has 1 aromatic carbocycles. The molecule has 0 radical (unpaired) electrons. The number of nitrogens with zero attached hydrogens (tertiary/aromatic N) is 5. The van der Waals surface area contributed by atoms with E-state index in [1.165, 1.54) is 28.4 Å². The Morgan fingerprint density at radius 3 is 2.56 bits per heavy atom. The fourth-order valence-electron chi connectivity index (χ4n) is 4.86. The molecule has 2 aromatic rings. The molecule has 0 unspecified atom stereocenters. The SMILES string of the molecule is CC(=O)N1CCC(Nc2cc(C(=O)N3C=CC(O)=C(N4CCc5ccccc5C4)C=C3)ncn2)CC1. The van der Waals surface area contributed by atoms with Gasteiger partial charge in [-0.05, 0) is 42.5 Å². The second-order valence-corrected chi connectivity index (χ2v) is 9.27. The largest absolute Gasteiger partial charge is 0.506 e. The van der Waals surface area contributed by atoms with Gasteiger partial charge in [0, 0.05) is 57.6 Å². The van der Waals surface area contributed by atoms with Gasteiger partial charge >= 0.3 is 0 Å². The Morgan fingerprint density at radius 2 is 1.78 bits per heavy atom. The average molecular weight is 487 g/mol. The van der Waals surface area contributed by atoms with Crippen molar-refractivity contribution >= 4 is 17.6 Å². The van der Waals surface area contributed by atoms with Crippen LogP contribution in [-0.2, 0) is 17.8 Å². The van der Waals surface area contributed by atoms with E-state index in [9.17, 15) is 14.7 Å². The Hall–Kier alpha value is -4.14. The number of nitrogens with one attached hydrogen (secondary N) is 1. The van der Waals surface area contributed by atoms with Crippen molar-refractivity contribution in [3.8, 4) is 0 Å². The number of piperidine rings is 1. The Morgan fingerprint density at radius 1 is 1.03 bits per heavy atom. The van der Waals surface area contributed by atoms with Crippen LogP contribution in [0.3, 0.4) is 0 Å². The molecule has 1 saturated heterocycles. The van der Waals surface area contributed by atoms with Gasteiger partial charge in [-0.1, -0.05) is 24.3 Å². The minimum atomic E-state index is -0.322. The van der Waals surface area contributed by atoms with E-state index in [-0.39, 0.29) is 29.3 Å². The molecule has 3 aliphatic heterocycles. The summed E-state index contributed by atoms with van der Waals surface area (Å²) in [5.41, 5.74) is 3.50. The zero-order chi connectivity index (χ0) is 25.1. The van der Waals surface area contributed by atoms with Crippen molar-refractivity contribution < 1.29 is 14.7 Å². The number of aliphatic hydroxyl groups is 1. The van der Waals surface area contributed by atoms with Gasteiger partial charge in [0.05, 0.1) is 5.70 Å². The van der Waals surface area contributed by atoms with Crippen LogP contribution in [0.15, 0.2) is 72.7 Å². The smallest absolute Gasteiger partial charge is 0.280 e. The van der Waals surface area contributed by atoms with Gasteiger partial charge < -0.3 is 20.2 Å². The van der Waals surface area contributed by atoms with Gasteiger partial charge in [-0.25, -0.2) is 9.97 Å². The Kier molecular flexibility index (Phi) is 6.71. The fraction of sp³-hybridized carbons (Fsp3) is 0.333. The molecule has 0 spiro atoms. The number of amides is 2. The number of carbonyl (C=O) groups excluding carboxylic acids is 2. The van der Waals surface area contributed by atoms with Crippen molar-refractivity contribution in [2.45, 2.75) is 38.8 Å². The average Bonchev–Trinajstić information content (AvgIpc) is 3.10. The van der Waals surface area contributed by atoms with Crippen LogP contribution in [0, 0.1) is 0 Å². The molecule has 0 saturated carbocycles. The van der Waals surface area contributed by atoms with E-state index in [4.69, 9.17) is 0 Å². The van der Waals surface area contributed by atoms with Gasteiger partial charge in [0.2, 0.25) is 5.91 Å². The molecular formula is C27H30N6O3. The van der Waals surface area contributed by atoms with Gasteiger partial charge in [0.25, 0.3) is 5.91 Å². The highest BCUT2D eigenvalue weighted by atomic mass is 16.3. The second-order valence-electron chi connectivity index (χ2n) is 9.27. The number of hydrogen-bond acceptors (Lipinski definition) is 7. The standard InChI is InChI=1S/C27H30N6O3/c1-19(34)31-12-7-22(8-13-31)30-26-16-23(28-18-29-26)27(36)32-14-9-24(25(35)10-15-32)33-11-6-20-4-2-3-5-21(20)17-33/h2-5,9-10,14-16,18,22,35H,6-8,11-13,17H2,1H3,(H,28,29,30). The highest BCUT2D eigenvalue weighted by Gasteiger charge is 2.23. The number of aromatic nitrogens is 2. The van der Waals surface area contributed by atoms with Crippen molar-refractivity contribution in [2.75, 3.05) is 25.0 Å². The molecule has 9 nitrogen and oxygen atoms in total. The first-order chi connectivity index (χ1) is 17.5. The van der Waals surface area contributed by atoms with E-state index in [0.717, 1.165) is 25.8 Å². The minimum Gasteiger partial charge on any atom is -0.506 e. The van der Waals surface area contributed by atoms with Crippen molar-refractivity contribution in [2.24, 2.45) is 0 Å². The topological polar surface area (TPSA) is 102 Å². The van der Waals surface area contributed by atoms with Crippen LogP contribution < -0.4 is 5.32 Å². The Bertz CT molecular complexity index is 1250. The third-order valence-electron chi connectivity index (χ3n) is 6.93. The maximum atomic E-state index is 13.2. The van der Waals surface area contributed by atoms with Crippen LogP contribution in [0.1, 0.15) is 41.4 Å². The second kappa shape index (κ2) is 10.2. The van der Waals surface area contributed by atoms with Crippen LogP contribution in [0.2, 0.25) is 0 Å². The summed E-state index contributed by atoms with van der Waals surface area (Å²) in [4.78, 5) is 38.6. The highest BCUT2D eigenvalue weighted by molar-refractivity contribution is 5.94. The molecule has 186 valence electrons. The van der Waals surface area contributed by atoms with Gasteiger partial charge in [0.1, 0.15) is 23.6 Å². The summed E-state index contributed by atoms with van der Waals surface area (Å²) in [6.45, 7) is 4.48. The molecule has 9 heteroatoms. The number of rotatable bonds is 4. The molecule has 0 aliphatic carbocycles. The zero-order valence-electron chi connectivity index (χ0n) is 20.3. The van der Waals surface area contributed by atoms with E-state index < -0.39 is 0 Å². The van der Waals surface area contributed by atoms with E-state index >= 15 is 0 Å². The number of likely N-dealkylation sites (tertiary alicyclic amines) is 1. The van der Waals surface area contributed by atoms with Crippen LogP contribution >= 0.6 is 0 Å². The number of fused-ring (bicyclic) bond motifs is 1. The van der Waals surface area contributed by atoms with E-state index in [1.807, 2.05) is 17.0 Å². The minimum absolute atomic E-state index is 0.0933. The molecule has 36 heavy (non-hydrogen) atoms. The molecule has 0 bridgehead atoms. The highest BCUT2D eigenvalue weighted by Crippen LogP contribution is 2.25. The number of anilines is 1. The van der Waals surface area contributed by atoms with Crippen molar-refractivity contribution in [1.82, 2.24) is 24.7 Å². The van der Waals surface area contributed by atoms with Gasteiger partial charge in [-0.2, -0.15) is 0 Å². The van der Waals surface area contributed by atoms with E-state index in [1.54, 1.807) is 31.5 Å². The number of allylic oxidation sites excluding steroid dienone is 2. The molecule has 5 rings (SSSR count). The Labute approximate surface area is 210 Å². The first kappa shape index (κ1) is 23.6. The Balaban J connectivity index is 1.25. The summed E-state index contributed by atoms with van der Waals surface area (Å²) in [6.07, 6.45) is 10.4. The summed E-state index contributed by atoms with van der Waals surface area (Å²) in [6, 6.07) is 10.1. The first-order valence-corrected chi connectivity index (χ1v) is 12.3. The van der Waals surface area contributed by atoms with Crippen LogP contribution in [0.5, 0.6) is 0 Å². The lowest BCUT2D eigenvalue weighted by Crippen LogP contribution is -2.41. The summed E-state index contributed by atoms with van der Waals surface area (Å²) < 4.78 is 0. The molecule has 3 aliphatic rings. The van der Waals surface area contributed by atoms with Gasteiger partial charge in [-0.3, -0.25) is 14.5 Å². The number of carbonyl (C=O) groups is 2. The molecule has 2 amide bonds. The van der Waals surface area contributed by atoms with E-state index in [0.29, 0.717) is 31.1 Å². The zero-order valence-corrected chi connectivity index (χ0v) is 20.3. The lowest BCUT2D eigenvalue weighted by molar-refractivity contribution is -0.129. The predicted octanol–water partition coefficient (Wildman–Crippen LogP) is 3.21. The lowest BCUT2D eigenvalue weighted by atomic mass is 9.99. The first-order valence-electron chi connectivity index (χ1n) is 12.3. The third-order valence-corrected chi connectivity index (χ3v) is 6.93. The van der Waals surface area contributed by atoms with E-state index in [2.05, 4.69) is 32.3 Å². The van der Waals surface area contributed by atoms with Crippen LogP contribution in [0.4, 0.5) is 5.82 Å². The maximum Gasteiger partial charge on any atom is 0.280 e. The molecule has 4 heterocycles. The molecule has 1 aromatic heterocycles. The summed E-state index contributed by atoms with van der Waals surface area (Å²) >= 11 is 0. The van der Waals surface area contributed by atoms with Crippen LogP contribution in [-0.4, -0.2) is 67.3 Å². The van der Waals surface area contributed by atoms with Gasteiger partial charge in [-0.15, -0.1) is 0 Å². The van der Waals surface area contributed by atoms with Crippen molar-refractivity contribution in [3.05, 3.63) is 89.5 Å². The predicted molar refractivity (Wildman–Crippen MR) is 136 cm³/mol. The molecular weight excluding hydrogens is 456 g/mol. The van der Waals surface area contributed by atoms with Crippen molar-refractivity contribution in [3.63, 3.8) is 0 Å². The molecule has 2 N–H and O–H groups in total. The van der Waals surface area contributed by atoms with Crippen molar-refractivity contribution in [1.29, 1.82) is 0 Å². The van der Waals surface area contributed by atoms with Gasteiger partial charge in [0.15, 0.2) is 0 Å². The summed E-state index contributed by atoms with van der Waals surface area (Å²) in [5.74, 6) is 0.460. The monoisotopic (exact) mass is 486 g/mol. The lowest BCUT2D eigenvalue weighted by Gasteiger charge is -2.32. The normalized spacial score (nSPS) is 18.2. The number of hydrogen-bond donors (Lipinski definition) is 2. The fourth-order valence-corrected chi connectivity index (χ4v) is 4.86. The molecule has 0 atom stereocenters. The quantitative estimate of drug-likeness (QED) is 0.684. The number of aliphatic hydroxyl groups excluding tert-OH is 1. The maximum absolute atomic E-state index is 13.2. The third kappa shape index (κ3) is 5.10. The summed E-state index contributed by atoms with van der Waals surface area (Å²) in [5, 5.41) is 14.1. The summed E-state index contributed by atoms with van der Waals surface area (Å²) in [7, 11) is 0. The molecule has 1 fully saturated rings.